The van der Waals surface area contributed by atoms with E-state index in [0.717, 1.165) is 47.5 Å². The van der Waals surface area contributed by atoms with Gasteiger partial charge in [0.25, 0.3) is 0 Å². The summed E-state index contributed by atoms with van der Waals surface area (Å²) in [4.78, 5) is 6.95. The van der Waals surface area contributed by atoms with E-state index >= 15 is 0 Å². The van der Waals surface area contributed by atoms with Gasteiger partial charge in [0, 0.05) is 18.4 Å². The van der Waals surface area contributed by atoms with Crippen LogP contribution in [0.1, 0.15) is 17.5 Å². The second-order valence-electron chi connectivity index (χ2n) is 6.35. The number of benzene rings is 2. The van der Waals surface area contributed by atoms with Crippen LogP contribution in [0.5, 0.6) is 5.75 Å². The van der Waals surface area contributed by atoms with Gasteiger partial charge < -0.3 is 9.64 Å². The van der Waals surface area contributed by atoms with Crippen LogP contribution in [-0.4, -0.2) is 24.2 Å². The Balaban J connectivity index is 1.63. The fourth-order valence-corrected chi connectivity index (χ4v) is 3.43. The van der Waals surface area contributed by atoms with E-state index in [1.165, 1.54) is 0 Å². The Kier molecular flexibility index (Phi) is 3.99. The van der Waals surface area contributed by atoms with Gasteiger partial charge in [-0.2, -0.15) is 5.26 Å². The summed E-state index contributed by atoms with van der Waals surface area (Å²) in [6.45, 7) is 3.59. The van der Waals surface area contributed by atoms with E-state index in [1.54, 1.807) is 0 Å². The van der Waals surface area contributed by atoms with E-state index < -0.39 is 0 Å². The van der Waals surface area contributed by atoms with Gasteiger partial charge in [-0.3, -0.25) is 0 Å². The molecule has 0 amide bonds. The zero-order valence-electron chi connectivity index (χ0n) is 14.1. The van der Waals surface area contributed by atoms with E-state index in [4.69, 9.17) is 9.72 Å². The van der Waals surface area contributed by atoms with Crippen molar-refractivity contribution in [3.8, 4) is 11.8 Å². The molecule has 1 saturated heterocycles. The molecular formula is C21H19N3O. The van der Waals surface area contributed by atoms with Crippen LogP contribution in [0.15, 0.2) is 54.6 Å². The minimum atomic E-state index is 0.113. The molecule has 0 N–H and O–H groups in total. The number of aryl methyl sites for hydroxylation is 1. The highest BCUT2D eigenvalue weighted by Gasteiger charge is 2.27. The molecular weight excluding hydrogens is 310 g/mol. The van der Waals surface area contributed by atoms with Crippen LogP contribution in [0, 0.1) is 18.3 Å². The highest BCUT2D eigenvalue weighted by atomic mass is 16.5. The molecule has 0 aliphatic carbocycles. The van der Waals surface area contributed by atoms with Crippen LogP contribution in [-0.2, 0) is 0 Å². The second kappa shape index (κ2) is 6.45. The van der Waals surface area contributed by atoms with Gasteiger partial charge in [0.15, 0.2) is 0 Å². The van der Waals surface area contributed by atoms with Crippen LogP contribution in [0.4, 0.5) is 5.82 Å². The number of rotatable bonds is 3. The summed E-state index contributed by atoms with van der Waals surface area (Å²) >= 11 is 0. The highest BCUT2D eigenvalue weighted by Crippen LogP contribution is 2.30. The Morgan fingerprint density at radius 3 is 2.68 bits per heavy atom. The standard InChI is InChI=1S/C21H19N3O/c1-15-18-9-5-6-10-20(18)23-21(19(15)13-22)24-12-11-17(14-24)25-16-7-3-2-4-8-16/h2-10,17H,11-12,14H2,1H3/t17-/m1/s1. The molecule has 0 radical (unpaired) electrons. The summed E-state index contributed by atoms with van der Waals surface area (Å²) in [6, 6.07) is 20.2. The number of nitrogens with zero attached hydrogens (tertiary/aromatic N) is 3. The summed E-state index contributed by atoms with van der Waals surface area (Å²) in [7, 11) is 0. The van der Waals surface area contributed by atoms with E-state index in [1.807, 2.05) is 61.5 Å². The van der Waals surface area contributed by atoms with Crippen LogP contribution < -0.4 is 9.64 Å². The lowest BCUT2D eigenvalue weighted by Gasteiger charge is -2.21. The number of nitriles is 1. The van der Waals surface area contributed by atoms with Gasteiger partial charge in [-0.1, -0.05) is 36.4 Å². The molecule has 2 heterocycles. The van der Waals surface area contributed by atoms with Crippen LogP contribution in [0.25, 0.3) is 10.9 Å². The Morgan fingerprint density at radius 1 is 1.12 bits per heavy atom. The summed E-state index contributed by atoms with van der Waals surface area (Å²) in [5.74, 6) is 1.66. The Hall–Kier alpha value is -3.06. The molecule has 2 aromatic carbocycles. The fourth-order valence-electron chi connectivity index (χ4n) is 3.43. The van der Waals surface area contributed by atoms with Crippen molar-refractivity contribution >= 4 is 16.7 Å². The summed E-state index contributed by atoms with van der Waals surface area (Å²) in [5, 5.41) is 10.7. The van der Waals surface area contributed by atoms with E-state index in [2.05, 4.69) is 11.0 Å². The van der Waals surface area contributed by atoms with Crippen LogP contribution >= 0.6 is 0 Å². The van der Waals surface area contributed by atoms with Gasteiger partial charge in [0.1, 0.15) is 23.7 Å². The normalized spacial score (nSPS) is 16.8. The number of aromatic nitrogens is 1. The first-order valence-electron chi connectivity index (χ1n) is 8.52. The molecule has 0 unspecified atom stereocenters. The van der Waals surface area contributed by atoms with E-state index in [-0.39, 0.29) is 6.10 Å². The SMILES string of the molecule is Cc1c(C#N)c(N2CC[C@@H](Oc3ccccc3)C2)nc2ccccc12. The van der Waals surface area contributed by atoms with Crippen molar-refractivity contribution < 1.29 is 4.74 Å². The first-order valence-corrected chi connectivity index (χ1v) is 8.52. The van der Waals surface area contributed by atoms with Crippen molar-refractivity contribution in [1.82, 2.24) is 4.98 Å². The highest BCUT2D eigenvalue weighted by molar-refractivity contribution is 5.87. The fraction of sp³-hybridized carbons (Fsp3) is 0.238. The second-order valence-corrected chi connectivity index (χ2v) is 6.35. The molecule has 124 valence electrons. The molecule has 25 heavy (non-hydrogen) atoms. The van der Waals surface area contributed by atoms with Gasteiger partial charge >= 0.3 is 0 Å². The molecule has 0 bridgehead atoms. The first kappa shape index (κ1) is 15.5. The smallest absolute Gasteiger partial charge is 0.147 e. The van der Waals surface area contributed by atoms with Crippen molar-refractivity contribution in [2.24, 2.45) is 0 Å². The molecule has 1 atom stereocenters. The van der Waals surface area contributed by atoms with E-state index in [0.29, 0.717) is 5.56 Å². The van der Waals surface area contributed by atoms with Gasteiger partial charge in [-0.15, -0.1) is 0 Å². The molecule has 1 fully saturated rings. The number of anilines is 1. The Morgan fingerprint density at radius 2 is 1.88 bits per heavy atom. The Labute approximate surface area is 147 Å². The van der Waals surface area contributed by atoms with Gasteiger partial charge in [-0.25, -0.2) is 4.98 Å². The zero-order valence-corrected chi connectivity index (χ0v) is 14.1. The van der Waals surface area contributed by atoms with Crippen molar-refractivity contribution in [1.29, 1.82) is 5.26 Å². The maximum Gasteiger partial charge on any atom is 0.147 e. The monoisotopic (exact) mass is 329 g/mol. The number of para-hydroxylation sites is 2. The van der Waals surface area contributed by atoms with E-state index in [9.17, 15) is 5.26 Å². The summed E-state index contributed by atoms with van der Waals surface area (Å²) in [5.41, 5.74) is 2.59. The number of hydrogen-bond acceptors (Lipinski definition) is 4. The molecule has 3 aromatic rings. The van der Waals surface area contributed by atoms with Gasteiger partial charge in [0.2, 0.25) is 0 Å². The van der Waals surface area contributed by atoms with Crippen LogP contribution in [0.2, 0.25) is 0 Å². The molecule has 1 aliphatic rings. The lowest BCUT2D eigenvalue weighted by atomic mass is 10.0. The first-order chi connectivity index (χ1) is 12.3. The number of hydrogen-bond donors (Lipinski definition) is 0. The van der Waals surface area contributed by atoms with Crippen molar-refractivity contribution in [3.05, 3.63) is 65.7 Å². The number of ether oxygens (including phenoxy) is 1. The number of fused-ring (bicyclic) bond motifs is 1. The van der Waals surface area contributed by atoms with Crippen molar-refractivity contribution in [2.45, 2.75) is 19.4 Å². The molecule has 4 heteroatoms. The predicted octanol–water partition coefficient (Wildman–Crippen LogP) is 4.07. The average molecular weight is 329 g/mol. The predicted molar refractivity (Wildman–Crippen MR) is 98.9 cm³/mol. The Bertz CT molecular complexity index is 947. The van der Waals surface area contributed by atoms with Crippen molar-refractivity contribution in [2.75, 3.05) is 18.0 Å². The third kappa shape index (κ3) is 2.89. The maximum absolute atomic E-state index is 9.67. The lowest BCUT2D eigenvalue weighted by molar-refractivity contribution is 0.225. The lowest BCUT2D eigenvalue weighted by Crippen LogP contribution is -2.26. The topological polar surface area (TPSA) is 49.2 Å². The molecule has 0 saturated carbocycles. The number of pyridine rings is 1. The molecule has 1 aliphatic heterocycles. The average Bonchev–Trinajstić information content (AvgIpc) is 3.11. The molecule has 0 spiro atoms. The summed E-state index contributed by atoms with van der Waals surface area (Å²) in [6.07, 6.45) is 1.04. The van der Waals surface area contributed by atoms with Crippen LogP contribution in [0.3, 0.4) is 0 Å². The maximum atomic E-state index is 9.67. The molecule has 1 aromatic heterocycles. The minimum absolute atomic E-state index is 0.113. The van der Waals surface area contributed by atoms with Gasteiger partial charge in [0.05, 0.1) is 17.6 Å². The quantitative estimate of drug-likeness (QED) is 0.727. The zero-order chi connectivity index (χ0) is 17.2. The third-order valence-corrected chi connectivity index (χ3v) is 4.74. The largest absolute Gasteiger partial charge is 0.489 e. The minimum Gasteiger partial charge on any atom is -0.489 e. The third-order valence-electron chi connectivity index (χ3n) is 4.74. The van der Waals surface area contributed by atoms with Crippen molar-refractivity contribution in [3.63, 3.8) is 0 Å². The molecule has 4 rings (SSSR count). The summed E-state index contributed by atoms with van der Waals surface area (Å²) < 4.78 is 6.07. The molecule has 4 nitrogen and oxygen atoms in total. The van der Waals surface area contributed by atoms with Gasteiger partial charge in [-0.05, 0) is 30.7 Å².